The molecule has 0 amide bonds. The van der Waals surface area contributed by atoms with Crippen LogP contribution in [0.5, 0.6) is 0 Å². The van der Waals surface area contributed by atoms with Crippen LogP contribution in [-0.2, 0) is 37.5 Å². The number of rotatable bonds is 38. The van der Waals surface area contributed by atoms with E-state index in [1.807, 2.05) is 57.6 Å². The van der Waals surface area contributed by atoms with Gasteiger partial charge >= 0.3 is 11.9 Å². The molecule has 0 radical (unpaired) electrons. The van der Waals surface area contributed by atoms with Gasteiger partial charge in [0.05, 0.1) is 27.7 Å². The number of nitrogens with zero attached hydrogens (tertiary/aromatic N) is 1. The normalized spacial score (nSPS) is 14.6. The summed E-state index contributed by atoms with van der Waals surface area (Å²) in [5.41, 5.74) is 0. The Morgan fingerprint density at radius 1 is 0.574 bits per heavy atom. The SMILES string of the molecule is CC/C=C\C/C=C\C/C=C\C/C=C\C/C=C\C/C=C\CCC(=O)O[C@H](COC(=O)CCC/C=C\C/C=C\C/C=C\C=C\C(=O)CCCCC)COP(=O)([O-])OCC[N+](C)(C)C. The number of unbranched alkanes of at least 4 members (excludes halogenated alkanes) is 3. The van der Waals surface area contributed by atoms with Crippen molar-refractivity contribution in [2.45, 2.75) is 129 Å². The number of ether oxygens (including phenoxy) is 2. The van der Waals surface area contributed by atoms with E-state index in [0.29, 0.717) is 36.7 Å². The molecule has 10 nitrogen and oxygen atoms in total. The molecular weight excluding hydrogens is 790 g/mol. The zero-order valence-corrected chi connectivity index (χ0v) is 38.9. The van der Waals surface area contributed by atoms with E-state index in [9.17, 15) is 23.8 Å². The summed E-state index contributed by atoms with van der Waals surface area (Å²) >= 11 is 0. The molecule has 342 valence electrons. The van der Waals surface area contributed by atoms with Crippen molar-refractivity contribution in [1.29, 1.82) is 0 Å². The quantitative estimate of drug-likeness (QED) is 0.0113. The number of hydrogen-bond acceptors (Lipinski definition) is 9. The van der Waals surface area contributed by atoms with Crippen LogP contribution in [0.1, 0.15) is 123 Å². The van der Waals surface area contributed by atoms with Crippen LogP contribution in [0.15, 0.2) is 122 Å². The zero-order chi connectivity index (χ0) is 45.1. The van der Waals surface area contributed by atoms with Gasteiger partial charge in [-0.2, -0.15) is 0 Å². The van der Waals surface area contributed by atoms with Gasteiger partial charge in [0, 0.05) is 19.3 Å². The Labute approximate surface area is 369 Å². The second kappa shape index (κ2) is 40.2. The fourth-order valence-electron chi connectivity index (χ4n) is 4.98. The molecule has 0 aromatic rings. The predicted molar refractivity (Wildman–Crippen MR) is 249 cm³/mol. The molecule has 0 aliphatic carbocycles. The van der Waals surface area contributed by atoms with Crippen LogP contribution >= 0.6 is 7.82 Å². The zero-order valence-electron chi connectivity index (χ0n) is 38.0. The van der Waals surface area contributed by atoms with Crippen molar-refractivity contribution in [3.8, 4) is 0 Å². The molecule has 0 spiro atoms. The summed E-state index contributed by atoms with van der Waals surface area (Å²) in [5, 5.41) is 0. The van der Waals surface area contributed by atoms with Crippen molar-refractivity contribution >= 4 is 25.5 Å². The molecule has 1 unspecified atom stereocenters. The summed E-state index contributed by atoms with van der Waals surface area (Å²) in [7, 11) is 1.03. The van der Waals surface area contributed by atoms with E-state index in [1.165, 1.54) is 0 Å². The average molecular weight is 868 g/mol. The number of hydrogen-bond donors (Lipinski definition) is 0. The smallest absolute Gasteiger partial charge is 0.306 e. The number of allylic oxidation sites excluding steroid dienone is 20. The molecule has 0 fully saturated rings. The summed E-state index contributed by atoms with van der Waals surface area (Å²) in [5.74, 6) is -0.885. The highest BCUT2D eigenvalue weighted by Gasteiger charge is 2.21. The molecule has 0 aliphatic heterocycles. The predicted octanol–water partition coefficient (Wildman–Crippen LogP) is 11.5. The van der Waals surface area contributed by atoms with Crippen LogP contribution < -0.4 is 4.89 Å². The van der Waals surface area contributed by atoms with Gasteiger partial charge < -0.3 is 27.9 Å². The Hall–Kier alpha value is -3.92. The first-order chi connectivity index (χ1) is 29.4. The van der Waals surface area contributed by atoms with Crippen LogP contribution in [0.3, 0.4) is 0 Å². The van der Waals surface area contributed by atoms with Gasteiger partial charge in [-0.1, -0.05) is 142 Å². The number of esters is 2. The van der Waals surface area contributed by atoms with Gasteiger partial charge in [-0.3, -0.25) is 18.9 Å². The number of likely N-dealkylation sites (N-methyl/N-ethyl adjacent to an activating group) is 1. The molecule has 0 aromatic heterocycles. The minimum absolute atomic E-state index is 0.0681. The topological polar surface area (TPSA) is 128 Å². The summed E-state index contributed by atoms with van der Waals surface area (Å²) in [6, 6.07) is 0. The van der Waals surface area contributed by atoms with Gasteiger partial charge in [0.25, 0.3) is 7.82 Å². The van der Waals surface area contributed by atoms with Crippen LogP contribution in [0.4, 0.5) is 0 Å². The number of ketones is 1. The molecular formula is C50H78NO9P. The maximum atomic E-state index is 12.6. The Morgan fingerprint density at radius 2 is 1.10 bits per heavy atom. The third kappa shape index (κ3) is 44.0. The van der Waals surface area contributed by atoms with Crippen LogP contribution in [-0.4, -0.2) is 75.8 Å². The van der Waals surface area contributed by atoms with Crippen molar-refractivity contribution in [1.82, 2.24) is 0 Å². The lowest BCUT2D eigenvalue weighted by Crippen LogP contribution is -2.37. The summed E-state index contributed by atoms with van der Waals surface area (Å²) in [6.45, 7) is 3.74. The fraction of sp³-hybridized carbons (Fsp3) is 0.540. The molecule has 0 aromatic carbocycles. The van der Waals surface area contributed by atoms with E-state index >= 15 is 0 Å². The molecule has 61 heavy (non-hydrogen) atoms. The van der Waals surface area contributed by atoms with Gasteiger partial charge in [0.2, 0.25) is 0 Å². The van der Waals surface area contributed by atoms with E-state index in [0.717, 1.165) is 70.6 Å². The number of quaternary nitrogens is 1. The van der Waals surface area contributed by atoms with Gasteiger partial charge in [-0.05, 0) is 83.1 Å². The fourth-order valence-corrected chi connectivity index (χ4v) is 5.71. The van der Waals surface area contributed by atoms with Crippen molar-refractivity contribution in [3.05, 3.63) is 122 Å². The summed E-state index contributed by atoms with van der Waals surface area (Å²) in [6.07, 6.45) is 52.3. The van der Waals surface area contributed by atoms with E-state index in [1.54, 1.807) is 12.2 Å². The van der Waals surface area contributed by atoms with Gasteiger partial charge in [0.15, 0.2) is 11.9 Å². The highest BCUT2D eigenvalue weighted by molar-refractivity contribution is 7.45. The van der Waals surface area contributed by atoms with E-state index < -0.39 is 32.5 Å². The first kappa shape index (κ1) is 57.1. The van der Waals surface area contributed by atoms with E-state index in [-0.39, 0.29) is 31.8 Å². The Kier molecular flexibility index (Phi) is 37.6. The maximum Gasteiger partial charge on any atom is 0.306 e. The van der Waals surface area contributed by atoms with Crippen molar-refractivity contribution in [2.24, 2.45) is 0 Å². The minimum atomic E-state index is -4.68. The van der Waals surface area contributed by atoms with Crippen LogP contribution in [0.25, 0.3) is 0 Å². The number of carbonyl (C=O) groups excluding carboxylic acids is 3. The minimum Gasteiger partial charge on any atom is -0.756 e. The molecule has 0 bridgehead atoms. The van der Waals surface area contributed by atoms with Gasteiger partial charge in [-0.15, -0.1) is 0 Å². The standard InChI is InChI=1S/C50H78NO9P/c1-6-8-10-11-12-13-14-15-16-17-18-19-20-21-24-28-31-34-38-42-50(54)60-48(46-59-61(55,56)58-44-43-51(3,4)5)45-57-49(53)41-37-33-30-27-25-22-23-26-29-32-36-40-47(52)39-35-9-7-2/h8,10,12-13,15-16,18-19,21-24,27,29-32,34,36,40,48H,6-7,9,11,14,17,20,25-26,28,33,35,37-39,41-46H2,1-5H3/b10-8-,13-12-,16-15-,19-18-,23-22-,24-21-,30-27-,32-29-,34-31-,40-36+/t48-/m1/s1. The molecule has 0 heterocycles. The molecule has 0 rings (SSSR count). The molecule has 2 atom stereocenters. The number of phosphoric ester groups is 1. The monoisotopic (exact) mass is 868 g/mol. The second-order valence-corrected chi connectivity index (χ2v) is 16.8. The maximum absolute atomic E-state index is 12.6. The Balaban J connectivity index is 4.64. The van der Waals surface area contributed by atoms with Crippen molar-refractivity contribution < 1.29 is 46.8 Å². The molecule has 0 N–H and O–H groups in total. The lowest BCUT2D eigenvalue weighted by atomic mass is 10.1. The summed E-state index contributed by atoms with van der Waals surface area (Å²) < 4.78 is 33.7. The average Bonchev–Trinajstić information content (AvgIpc) is 3.21. The number of phosphoric acid groups is 1. The molecule has 0 aliphatic rings. The first-order valence-corrected chi connectivity index (χ1v) is 23.7. The Bertz CT molecular complexity index is 1510. The lowest BCUT2D eigenvalue weighted by molar-refractivity contribution is -0.870. The highest BCUT2D eigenvalue weighted by atomic mass is 31.2. The van der Waals surface area contributed by atoms with E-state index in [2.05, 4.69) is 86.8 Å². The first-order valence-electron chi connectivity index (χ1n) is 22.2. The Morgan fingerprint density at radius 3 is 1.64 bits per heavy atom. The molecule has 0 saturated carbocycles. The third-order valence-electron chi connectivity index (χ3n) is 8.46. The lowest BCUT2D eigenvalue weighted by Gasteiger charge is -2.28. The van der Waals surface area contributed by atoms with Crippen LogP contribution in [0, 0.1) is 0 Å². The highest BCUT2D eigenvalue weighted by Crippen LogP contribution is 2.38. The van der Waals surface area contributed by atoms with E-state index in [4.69, 9.17) is 18.5 Å². The van der Waals surface area contributed by atoms with Crippen LogP contribution in [0.2, 0.25) is 0 Å². The van der Waals surface area contributed by atoms with Gasteiger partial charge in [0.1, 0.15) is 19.8 Å². The van der Waals surface area contributed by atoms with Crippen molar-refractivity contribution in [3.63, 3.8) is 0 Å². The number of carbonyl (C=O) groups is 3. The molecule has 0 saturated heterocycles. The third-order valence-corrected chi connectivity index (χ3v) is 9.42. The second-order valence-electron chi connectivity index (χ2n) is 15.4. The van der Waals surface area contributed by atoms with Gasteiger partial charge in [-0.25, -0.2) is 0 Å². The van der Waals surface area contributed by atoms with Crippen molar-refractivity contribution in [2.75, 3.05) is 47.5 Å². The summed E-state index contributed by atoms with van der Waals surface area (Å²) in [4.78, 5) is 49.2. The molecule has 11 heteroatoms. The largest absolute Gasteiger partial charge is 0.756 e.